The van der Waals surface area contributed by atoms with E-state index in [-0.39, 0.29) is 18.6 Å². The quantitative estimate of drug-likeness (QED) is 0.711. The lowest BCUT2D eigenvalue weighted by molar-refractivity contribution is -0.139. The first kappa shape index (κ1) is 19.7. The highest BCUT2D eigenvalue weighted by Crippen LogP contribution is 2.22. The monoisotopic (exact) mass is 339 g/mol. The van der Waals surface area contributed by atoms with Gasteiger partial charge in [-0.1, -0.05) is 0 Å². The van der Waals surface area contributed by atoms with Gasteiger partial charge < -0.3 is 14.5 Å². The fourth-order valence-electron chi connectivity index (χ4n) is 3.67. The summed E-state index contributed by atoms with van der Waals surface area (Å²) in [5.41, 5.74) is 0. The van der Waals surface area contributed by atoms with Crippen LogP contribution in [0.25, 0.3) is 0 Å². The second-order valence-electron chi connectivity index (χ2n) is 7.94. The topological polar surface area (TPSA) is 36.0 Å². The van der Waals surface area contributed by atoms with Crippen LogP contribution in [-0.2, 0) is 9.53 Å². The van der Waals surface area contributed by atoms with Gasteiger partial charge >= 0.3 is 0 Å². The van der Waals surface area contributed by atoms with Gasteiger partial charge in [-0.2, -0.15) is 0 Å². The maximum absolute atomic E-state index is 12.1. The maximum Gasteiger partial charge on any atom is 0.248 e. The van der Waals surface area contributed by atoms with Crippen LogP contribution in [0.15, 0.2) is 0 Å². The summed E-state index contributed by atoms with van der Waals surface area (Å²) in [7, 11) is 0. The van der Waals surface area contributed by atoms with Crippen molar-refractivity contribution in [2.24, 2.45) is 5.92 Å². The van der Waals surface area contributed by atoms with Gasteiger partial charge in [0.1, 0.15) is 6.61 Å². The van der Waals surface area contributed by atoms with E-state index in [1.54, 1.807) is 0 Å². The minimum Gasteiger partial charge on any atom is -0.369 e. The smallest absolute Gasteiger partial charge is 0.248 e. The average Bonchev–Trinajstić information content (AvgIpc) is 2.58. The fourth-order valence-corrected chi connectivity index (χ4v) is 3.67. The highest BCUT2D eigenvalue weighted by molar-refractivity contribution is 5.77. The van der Waals surface area contributed by atoms with E-state index < -0.39 is 0 Å². The molecule has 0 aliphatic carbocycles. The van der Waals surface area contributed by atoms with Gasteiger partial charge in [-0.15, -0.1) is 0 Å². The van der Waals surface area contributed by atoms with Gasteiger partial charge in [0, 0.05) is 32.2 Å². The van der Waals surface area contributed by atoms with E-state index in [4.69, 9.17) is 4.74 Å². The number of hydrogen-bond acceptors (Lipinski definition) is 4. The molecule has 2 aliphatic rings. The van der Waals surface area contributed by atoms with Crippen molar-refractivity contribution in [1.29, 1.82) is 0 Å². The molecule has 0 saturated carbocycles. The molecule has 2 saturated heterocycles. The van der Waals surface area contributed by atoms with Gasteiger partial charge in [-0.3, -0.25) is 9.69 Å². The van der Waals surface area contributed by atoms with E-state index in [1.165, 1.54) is 38.9 Å². The molecule has 0 radical (unpaired) electrons. The minimum absolute atomic E-state index is 0.123. The zero-order chi connectivity index (χ0) is 17.5. The summed E-state index contributed by atoms with van der Waals surface area (Å²) in [6.07, 6.45) is 4.14. The molecule has 0 aromatic heterocycles. The van der Waals surface area contributed by atoms with Crippen molar-refractivity contribution in [2.75, 3.05) is 52.4 Å². The van der Waals surface area contributed by atoms with E-state index in [0.717, 1.165) is 32.1 Å². The van der Waals surface area contributed by atoms with E-state index in [0.29, 0.717) is 6.04 Å². The van der Waals surface area contributed by atoms with Gasteiger partial charge in [0.25, 0.3) is 0 Å². The molecule has 0 spiro atoms. The zero-order valence-electron chi connectivity index (χ0n) is 16.2. The van der Waals surface area contributed by atoms with Crippen molar-refractivity contribution in [3.63, 3.8) is 0 Å². The molecule has 5 heteroatoms. The molecular weight excluding hydrogens is 302 g/mol. The maximum atomic E-state index is 12.1. The molecule has 24 heavy (non-hydrogen) atoms. The van der Waals surface area contributed by atoms with Crippen LogP contribution in [0.4, 0.5) is 0 Å². The van der Waals surface area contributed by atoms with Gasteiger partial charge in [0.15, 0.2) is 0 Å². The van der Waals surface area contributed by atoms with Crippen LogP contribution in [0.3, 0.4) is 0 Å². The number of carbonyl (C=O) groups is 1. The lowest BCUT2D eigenvalue weighted by atomic mass is 9.92. The van der Waals surface area contributed by atoms with Crippen molar-refractivity contribution in [3.8, 4) is 0 Å². The van der Waals surface area contributed by atoms with Crippen LogP contribution >= 0.6 is 0 Å². The molecule has 0 unspecified atom stereocenters. The number of likely N-dealkylation sites (tertiary alicyclic amines) is 1. The fraction of sp³-hybridized carbons (Fsp3) is 0.947. The lowest BCUT2D eigenvalue weighted by Gasteiger charge is -2.37. The largest absolute Gasteiger partial charge is 0.369 e. The molecule has 2 rings (SSSR count). The molecule has 2 heterocycles. The number of piperidine rings is 1. The summed E-state index contributed by atoms with van der Waals surface area (Å²) < 4.78 is 5.43. The Morgan fingerprint density at radius 1 is 1.00 bits per heavy atom. The number of rotatable bonds is 7. The molecule has 2 fully saturated rings. The Balaban J connectivity index is 1.59. The molecule has 0 aromatic rings. The number of piperazine rings is 1. The number of hydrogen-bond donors (Lipinski definition) is 0. The average molecular weight is 340 g/mol. The first-order valence-electron chi connectivity index (χ1n) is 9.81. The third-order valence-corrected chi connectivity index (χ3v) is 5.50. The predicted octanol–water partition coefficient (Wildman–Crippen LogP) is 2.07. The molecule has 5 nitrogen and oxygen atoms in total. The summed E-state index contributed by atoms with van der Waals surface area (Å²) >= 11 is 0. The standard InChI is InChI=1S/C19H37N3O2/c1-16(2)21-9-6-18(7-10-21)5-8-20-11-13-22(14-12-20)19(23)15-24-17(3)4/h16-18H,5-15H2,1-4H3. The number of amides is 1. The van der Waals surface area contributed by atoms with Gasteiger partial charge in [-0.05, 0) is 72.5 Å². The molecule has 0 aromatic carbocycles. The SMILES string of the molecule is CC(C)OCC(=O)N1CCN(CCC2CCN(C(C)C)CC2)CC1. The zero-order valence-corrected chi connectivity index (χ0v) is 16.2. The van der Waals surface area contributed by atoms with Crippen LogP contribution < -0.4 is 0 Å². The first-order chi connectivity index (χ1) is 11.5. The van der Waals surface area contributed by atoms with Crippen LogP contribution in [0.1, 0.15) is 47.0 Å². The minimum atomic E-state index is 0.123. The Labute approximate surface area is 148 Å². The Morgan fingerprint density at radius 3 is 2.17 bits per heavy atom. The van der Waals surface area contributed by atoms with Crippen LogP contribution in [0.2, 0.25) is 0 Å². The number of carbonyl (C=O) groups excluding carboxylic acids is 1. The summed E-state index contributed by atoms with van der Waals surface area (Å²) in [4.78, 5) is 19.2. The molecule has 140 valence electrons. The normalized spacial score (nSPS) is 21.8. The van der Waals surface area contributed by atoms with E-state index in [1.807, 2.05) is 18.7 Å². The van der Waals surface area contributed by atoms with Crippen molar-refractivity contribution in [2.45, 2.75) is 59.1 Å². The lowest BCUT2D eigenvalue weighted by Crippen LogP contribution is -2.50. The van der Waals surface area contributed by atoms with E-state index >= 15 is 0 Å². The van der Waals surface area contributed by atoms with Crippen LogP contribution in [0.5, 0.6) is 0 Å². The third kappa shape index (κ3) is 6.34. The van der Waals surface area contributed by atoms with E-state index in [9.17, 15) is 4.79 Å². The predicted molar refractivity (Wildman–Crippen MR) is 98.2 cm³/mol. The molecule has 2 aliphatic heterocycles. The van der Waals surface area contributed by atoms with Crippen molar-refractivity contribution in [1.82, 2.24) is 14.7 Å². The van der Waals surface area contributed by atoms with Crippen molar-refractivity contribution in [3.05, 3.63) is 0 Å². The molecular formula is C19H37N3O2. The Kier molecular flexibility index (Phi) is 7.98. The Hall–Kier alpha value is -0.650. The summed E-state index contributed by atoms with van der Waals surface area (Å²) in [5.74, 6) is 1.03. The van der Waals surface area contributed by atoms with Crippen molar-refractivity contribution >= 4 is 5.91 Å². The second-order valence-corrected chi connectivity index (χ2v) is 7.94. The summed E-state index contributed by atoms with van der Waals surface area (Å²) in [6, 6.07) is 0.691. The van der Waals surface area contributed by atoms with Crippen LogP contribution in [0, 0.1) is 5.92 Å². The Bertz CT molecular complexity index is 371. The van der Waals surface area contributed by atoms with E-state index in [2.05, 4.69) is 23.6 Å². The van der Waals surface area contributed by atoms with Gasteiger partial charge in [0.05, 0.1) is 6.10 Å². The highest BCUT2D eigenvalue weighted by atomic mass is 16.5. The molecule has 0 bridgehead atoms. The van der Waals surface area contributed by atoms with Crippen molar-refractivity contribution < 1.29 is 9.53 Å². The summed E-state index contributed by atoms with van der Waals surface area (Å²) in [5, 5.41) is 0. The molecule has 0 atom stereocenters. The number of nitrogens with zero attached hydrogens (tertiary/aromatic N) is 3. The molecule has 0 N–H and O–H groups in total. The van der Waals surface area contributed by atoms with Gasteiger partial charge in [-0.25, -0.2) is 0 Å². The number of ether oxygens (including phenoxy) is 1. The van der Waals surface area contributed by atoms with Gasteiger partial charge in [0.2, 0.25) is 5.91 Å². The third-order valence-electron chi connectivity index (χ3n) is 5.50. The highest BCUT2D eigenvalue weighted by Gasteiger charge is 2.24. The van der Waals surface area contributed by atoms with Crippen LogP contribution in [-0.4, -0.2) is 85.2 Å². The first-order valence-corrected chi connectivity index (χ1v) is 9.81. The summed E-state index contributed by atoms with van der Waals surface area (Å²) in [6.45, 7) is 16.2. The molecule has 1 amide bonds. The second kappa shape index (κ2) is 9.73. The Morgan fingerprint density at radius 2 is 1.62 bits per heavy atom.